The topological polar surface area (TPSA) is 54.2 Å². The average molecular weight is 256 g/mol. The van der Waals surface area contributed by atoms with Crippen LogP contribution in [0.2, 0.25) is 0 Å². The van der Waals surface area contributed by atoms with Crippen LogP contribution in [0.5, 0.6) is 0 Å². The Morgan fingerprint density at radius 2 is 2.21 bits per heavy atom. The van der Waals surface area contributed by atoms with Crippen molar-refractivity contribution in [3.63, 3.8) is 0 Å². The lowest BCUT2D eigenvalue weighted by Crippen LogP contribution is -2.39. The fourth-order valence-electron chi connectivity index (χ4n) is 2.84. The summed E-state index contributed by atoms with van der Waals surface area (Å²) in [5.41, 5.74) is 7.96. The molecule has 1 aromatic carbocycles. The minimum Gasteiger partial charge on any atom is -0.398 e. The van der Waals surface area contributed by atoms with Crippen LogP contribution in [0.1, 0.15) is 12.8 Å². The molecule has 1 fully saturated rings. The maximum atomic E-state index is 6.02. The summed E-state index contributed by atoms with van der Waals surface area (Å²) in [6.07, 6.45) is 6.15. The Morgan fingerprint density at radius 3 is 3.05 bits per heavy atom. The average Bonchev–Trinajstić information content (AvgIpc) is 2.42. The Kier molecular flexibility index (Phi) is 3.25. The molecule has 1 aromatic heterocycles. The van der Waals surface area contributed by atoms with Crippen LogP contribution in [0.25, 0.3) is 10.8 Å². The molecule has 1 saturated heterocycles. The summed E-state index contributed by atoms with van der Waals surface area (Å²) in [6, 6.07) is 6.51. The van der Waals surface area contributed by atoms with Crippen molar-refractivity contribution >= 4 is 22.1 Å². The van der Waals surface area contributed by atoms with Crippen molar-refractivity contribution in [3.05, 3.63) is 30.6 Å². The van der Waals surface area contributed by atoms with Crippen molar-refractivity contribution in [2.45, 2.75) is 18.9 Å². The number of nitrogen functional groups attached to an aromatic ring is 1. The molecule has 1 unspecified atom stereocenters. The maximum absolute atomic E-state index is 6.02. The molecule has 1 aliphatic rings. The first-order chi connectivity index (χ1) is 9.24. The number of anilines is 2. The first kappa shape index (κ1) is 12.2. The van der Waals surface area contributed by atoms with Gasteiger partial charge in [0.05, 0.1) is 0 Å². The molecule has 0 radical (unpaired) electrons. The van der Waals surface area contributed by atoms with Crippen molar-refractivity contribution in [1.82, 2.24) is 9.88 Å². The summed E-state index contributed by atoms with van der Waals surface area (Å²) >= 11 is 0. The molecule has 4 heteroatoms. The molecule has 2 aromatic rings. The Morgan fingerprint density at radius 1 is 1.32 bits per heavy atom. The number of rotatable bonds is 2. The zero-order valence-electron chi connectivity index (χ0n) is 11.3. The van der Waals surface area contributed by atoms with E-state index in [9.17, 15) is 0 Å². The predicted molar refractivity (Wildman–Crippen MR) is 80.3 cm³/mol. The summed E-state index contributed by atoms with van der Waals surface area (Å²) in [4.78, 5) is 6.59. The molecule has 1 aliphatic heterocycles. The van der Waals surface area contributed by atoms with E-state index in [1.807, 2.05) is 18.3 Å². The highest BCUT2D eigenvalue weighted by Gasteiger charge is 2.17. The lowest BCUT2D eigenvalue weighted by Gasteiger charge is -2.31. The van der Waals surface area contributed by atoms with Crippen LogP contribution in [0.4, 0.5) is 11.4 Å². The van der Waals surface area contributed by atoms with Gasteiger partial charge in [-0.3, -0.25) is 4.98 Å². The Bertz CT molecular complexity index is 581. The third-order valence-electron chi connectivity index (χ3n) is 3.84. The maximum Gasteiger partial charge on any atom is 0.0439 e. The van der Waals surface area contributed by atoms with E-state index in [0.717, 1.165) is 28.7 Å². The van der Waals surface area contributed by atoms with E-state index in [0.29, 0.717) is 6.04 Å². The van der Waals surface area contributed by atoms with E-state index in [2.05, 4.69) is 28.3 Å². The van der Waals surface area contributed by atoms with Gasteiger partial charge < -0.3 is 16.0 Å². The van der Waals surface area contributed by atoms with E-state index >= 15 is 0 Å². The molecule has 0 spiro atoms. The monoisotopic (exact) mass is 256 g/mol. The molecule has 100 valence electrons. The van der Waals surface area contributed by atoms with Gasteiger partial charge in [0.1, 0.15) is 0 Å². The van der Waals surface area contributed by atoms with Gasteiger partial charge >= 0.3 is 0 Å². The molecule has 1 atom stereocenters. The second-order valence-electron chi connectivity index (χ2n) is 5.37. The molecule has 3 N–H and O–H groups in total. The highest BCUT2D eigenvalue weighted by atomic mass is 15.1. The Labute approximate surface area is 113 Å². The van der Waals surface area contributed by atoms with Gasteiger partial charge in [-0.05, 0) is 44.6 Å². The summed E-state index contributed by atoms with van der Waals surface area (Å²) in [7, 11) is 2.18. The minimum atomic E-state index is 0.505. The first-order valence-electron chi connectivity index (χ1n) is 6.81. The number of nitrogens with two attached hydrogens (primary N) is 1. The fourth-order valence-corrected chi connectivity index (χ4v) is 2.84. The largest absolute Gasteiger partial charge is 0.398 e. The van der Waals surface area contributed by atoms with E-state index in [1.54, 1.807) is 6.20 Å². The molecule has 2 heterocycles. The lowest BCUT2D eigenvalue weighted by atomic mass is 10.0. The number of pyridine rings is 1. The van der Waals surface area contributed by atoms with Gasteiger partial charge in [0.25, 0.3) is 0 Å². The van der Waals surface area contributed by atoms with Gasteiger partial charge in [-0.15, -0.1) is 0 Å². The lowest BCUT2D eigenvalue weighted by molar-refractivity contribution is 0.261. The van der Waals surface area contributed by atoms with E-state index in [-0.39, 0.29) is 0 Å². The molecule has 0 saturated carbocycles. The number of hydrogen-bond acceptors (Lipinski definition) is 4. The zero-order valence-corrected chi connectivity index (χ0v) is 11.3. The quantitative estimate of drug-likeness (QED) is 0.810. The SMILES string of the molecule is CN1CCCC(Nc2ccc(N)c3ccncc23)C1. The van der Waals surface area contributed by atoms with Crippen LogP contribution in [0.3, 0.4) is 0 Å². The van der Waals surface area contributed by atoms with Gasteiger partial charge in [0, 0.05) is 47.1 Å². The smallest absolute Gasteiger partial charge is 0.0439 e. The predicted octanol–water partition coefficient (Wildman–Crippen LogP) is 2.32. The Balaban J connectivity index is 1.90. The molecule has 0 aliphatic carbocycles. The highest BCUT2D eigenvalue weighted by Crippen LogP contribution is 2.28. The number of benzene rings is 1. The summed E-state index contributed by atoms with van der Waals surface area (Å²) in [5, 5.41) is 5.82. The number of nitrogens with zero attached hydrogens (tertiary/aromatic N) is 2. The number of piperidine rings is 1. The van der Waals surface area contributed by atoms with Crippen LogP contribution in [-0.2, 0) is 0 Å². The molecular formula is C15H20N4. The fraction of sp³-hybridized carbons (Fsp3) is 0.400. The van der Waals surface area contributed by atoms with E-state index in [1.165, 1.54) is 19.4 Å². The number of nitrogens with one attached hydrogen (secondary N) is 1. The second kappa shape index (κ2) is 5.05. The van der Waals surface area contributed by atoms with Crippen molar-refractivity contribution in [2.24, 2.45) is 0 Å². The summed E-state index contributed by atoms with van der Waals surface area (Å²) in [6.45, 7) is 2.29. The van der Waals surface area contributed by atoms with Crippen molar-refractivity contribution in [3.8, 4) is 0 Å². The van der Waals surface area contributed by atoms with Gasteiger partial charge in [0.15, 0.2) is 0 Å². The van der Waals surface area contributed by atoms with Crippen molar-refractivity contribution in [2.75, 3.05) is 31.2 Å². The van der Waals surface area contributed by atoms with Crippen LogP contribution < -0.4 is 11.1 Å². The minimum absolute atomic E-state index is 0.505. The third-order valence-corrected chi connectivity index (χ3v) is 3.84. The van der Waals surface area contributed by atoms with Gasteiger partial charge in [0.2, 0.25) is 0 Å². The number of aromatic nitrogens is 1. The molecule has 0 bridgehead atoms. The van der Waals surface area contributed by atoms with Gasteiger partial charge in [-0.2, -0.15) is 0 Å². The third kappa shape index (κ3) is 2.49. The van der Waals surface area contributed by atoms with Crippen LogP contribution in [0.15, 0.2) is 30.6 Å². The normalized spacial score (nSPS) is 20.6. The first-order valence-corrected chi connectivity index (χ1v) is 6.81. The number of likely N-dealkylation sites (N-methyl/N-ethyl adjacent to an activating group) is 1. The standard InChI is InChI=1S/C15H20N4/c1-19-8-2-3-11(10-19)18-15-5-4-14(16)12-6-7-17-9-13(12)15/h4-7,9,11,18H,2-3,8,10,16H2,1H3. The van der Waals surface area contributed by atoms with Crippen LogP contribution >= 0.6 is 0 Å². The number of hydrogen-bond donors (Lipinski definition) is 2. The highest BCUT2D eigenvalue weighted by molar-refractivity contribution is 6.00. The summed E-state index contributed by atoms with van der Waals surface area (Å²) < 4.78 is 0. The molecule has 4 nitrogen and oxygen atoms in total. The van der Waals surface area contributed by atoms with Crippen LogP contribution in [0, 0.1) is 0 Å². The van der Waals surface area contributed by atoms with E-state index in [4.69, 9.17) is 5.73 Å². The number of likely N-dealkylation sites (tertiary alicyclic amines) is 1. The molecule has 3 rings (SSSR count). The number of fused-ring (bicyclic) bond motifs is 1. The Hall–Kier alpha value is -1.81. The second-order valence-corrected chi connectivity index (χ2v) is 5.37. The van der Waals surface area contributed by atoms with E-state index < -0.39 is 0 Å². The van der Waals surface area contributed by atoms with Gasteiger partial charge in [-0.25, -0.2) is 0 Å². The molecule has 19 heavy (non-hydrogen) atoms. The van der Waals surface area contributed by atoms with Gasteiger partial charge in [-0.1, -0.05) is 0 Å². The summed E-state index contributed by atoms with van der Waals surface area (Å²) in [5.74, 6) is 0. The molecule has 0 amide bonds. The van der Waals surface area contributed by atoms with Crippen molar-refractivity contribution in [1.29, 1.82) is 0 Å². The van der Waals surface area contributed by atoms with Crippen LogP contribution in [-0.4, -0.2) is 36.1 Å². The molecular weight excluding hydrogens is 236 g/mol. The van der Waals surface area contributed by atoms with Crippen molar-refractivity contribution < 1.29 is 0 Å². The zero-order chi connectivity index (χ0) is 13.2.